The van der Waals surface area contributed by atoms with Crippen LogP contribution in [0.1, 0.15) is 51.0 Å². The highest BCUT2D eigenvalue weighted by molar-refractivity contribution is 5.65. The maximum Gasteiger partial charge on any atom is 0.432 e. The third kappa shape index (κ3) is 7.78. The Kier molecular flexibility index (Phi) is 10.0. The molecule has 3 aromatic rings. The molecule has 0 amide bonds. The van der Waals surface area contributed by atoms with Crippen LogP contribution in [0.5, 0.6) is 17.2 Å². The van der Waals surface area contributed by atoms with Crippen molar-refractivity contribution in [1.82, 2.24) is 0 Å². The van der Waals surface area contributed by atoms with Crippen molar-refractivity contribution in [3.63, 3.8) is 0 Å². The smallest absolute Gasteiger partial charge is 0.432 e. The highest BCUT2D eigenvalue weighted by Gasteiger charge is 2.44. The molecule has 1 saturated carbocycles. The fourth-order valence-corrected chi connectivity index (χ4v) is 5.18. The molecular weight excluding hydrogens is 610 g/mol. The number of rotatable bonds is 11. The standard InChI is InChI=1S/C31H26F10O3/c1-2-3-17-4-8-20(9-5-17)30(38,39)43-21-10-6-18(7-11-21)19-12-23(32)28(24(33)13-19)31(40,41)44-22-14-25(34)29(26(35)15-22)42-16-27(36)37/h6-7,10-17,20H,2-5,8-9H2,1H3. The van der Waals surface area contributed by atoms with Crippen molar-refractivity contribution in [3.05, 3.63) is 89.7 Å². The quantitative estimate of drug-likeness (QED) is 0.155. The van der Waals surface area contributed by atoms with E-state index in [1.807, 2.05) is 6.92 Å². The van der Waals surface area contributed by atoms with Crippen LogP contribution in [-0.2, 0) is 6.11 Å². The van der Waals surface area contributed by atoms with Gasteiger partial charge in [0.2, 0.25) is 0 Å². The highest BCUT2D eigenvalue weighted by Crippen LogP contribution is 2.42. The Morgan fingerprint density at radius 2 is 1.32 bits per heavy atom. The summed E-state index contributed by atoms with van der Waals surface area (Å²) in [5, 5.41) is 0. The molecule has 4 rings (SSSR count). The number of ether oxygens (including phenoxy) is 3. The van der Waals surface area contributed by atoms with Crippen molar-refractivity contribution < 1.29 is 58.1 Å². The van der Waals surface area contributed by atoms with Gasteiger partial charge in [-0.05, 0) is 67.0 Å². The molecule has 0 bridgehead atoms. The highest BCUT2D eigenvalue weighted by atomic mass is 19.3. The van der Waals surface area contributed by atoms with E-state index in [0.29, 0.717) is 43.7 Å². The third-order valence-corrected chi connectivity index (χ3v) is 7.28. The number of hydrogen-bond donors (Lipinski definition) is 0. The normalized spacial score (nSPS) is 17.2. The molecule has 0 saturated heterocycles. The zero-order chi connectivity index (χ0) is 32.2. The lowest BCUT2D eigenvalue weighted by Crippen LogP contribution is -2.37. The summed E-state index contributed by atoms with van der Waals surface area (Å²) in [5.41, 5.74) is -2.05. The lowest BCUT2D eigenvalue weighted by molar-refractivity contribution is -0.223. The van der Waals surface area contributed by atoms with Gasteiger partial charge in [-0.25, -0.2) is 17.6 Å². The molecule has 0 N–H and O–H groups in total. The molecule has 0 radical (unpaired) electrons. The monoisotopic (exact) mass is 636 g/mol. The summed E-state index contributed by atoms with van der Waals surface area (Å²) in [5.74, 6) is -10.3. The summed E-state index contributed by atoms with van der Waals surface area (Å²) in [6.07, 6.45) is -6.98. The molecule has 1 fully saturated rings. The molecule has 0 spiro atoms. The van der Waals surface area contributed by atoms with E-state index in [-0.39, 0.29) is 35.3 Å². The minimum atomic E-state index is -4.79. The lowest BCUT2D eigenvalue weighted by atomic mass is 9.79. The van der Waals surface area contributed by atoms with Gasteiger partial charge in [-0.1, -0.05) is 31.9 Å². The van der Waals surface area contributed by atoms with Gasteiger partial charge >= 0.3 is 18.3 Å². The van der Waals surface area contributed by atoms with Gasteiger partial charge in [-0.15, -0.1) is 0 Å². The van der Waals surface area contributed by atoms with E-state index in [0.717, 1.165) is 25.0 Å². The molecule has 238 valence electrons. The molecule has 0 heterocycles. The predicted octanol–water partition coefficient (Wildman–Crippen LogP) is 10.7. The summed E-state index contributed by atoms with van der Waals surface area (Å²) in [6.45, 7) is 2.04. The van der Waals surface area contributed by atoms with Crippen molar-refractivity contribution in [2.45, 2.75) is 57.7 Å². The Bertz CT molecular complexity index is 1430. The van der Waals surface area contributed by atoms with Crippen molar-refractivity contribution in [2.24, 2.45) is 11.8 Å². The van der Waals surface area contributed by atoms with Gasteiger partial charge < -0.3 is 14.2 Å². The number of hydrogen-bond acceptors (Lipinski definition) is 3. The average molecular weight is 637 g/mol. The Hall–Kier alpha value is -3.90. The molecule has 1 aliphatic rings. The molecule has 0 unspecified atom stereocenters. The van der Waals surface area contributed by atoms with Crippen LogP contribution < -0.4 is 14.2 Å². The van der Waals surface area contributed by atoms with E-state index in [1.54, 1.807) is 0 Å². The van der Waals surface area contributed by atoms with E-state index in [9.17, 15) is 43.9 Å². The summed E-state index contributed by atoms with van der Waals surface area (Å²) in [7, 11) is 0. The first-order valence-corrected chi connectivity index (χ1v) is 13.6. The second kappa shape index (κ2) is 13.4. The van der Waals surface area contributed by atoms with Gasteiger partial charge in [0.15, 0.2) is 23.6 Å². The van der Waals surface area contributed by atoms with Gasteiger partial charge in [0.25, 0.3) is 0 Å². The maximum atomic E-state index is 14.8. The van der Waals surface area contributed by atoms with E-state index in [1.165, 1.54) is 12.1 Å². The van der Waals surface area contributed by atoms with E-state index < -0.39 is 64.5 Å². The largest absolute Gasteiger partial charge is 0.453 e. The Labute approximate surface area is 246 Å². The Balaban J connectivity index is 1.48. The molecule has 1 aliphatic carbocycles. The summed E-state index contributed by atoms with van der Waals surface area (Å²) in [6, 6.07) is 6.09. The minimum Gasteiger partial charge on any atom is -0.453 e. The van der Waals surface area contributed by atoms with Gasteiger partial charge in [-0.2, -0.15) is 26.3 Å². The molecule has 0 aromatic heterocycles. The lowest BCUT2D eigenvalue weighted by Gasteiger charge is -2.33. The first kappa shape index (κ1) is 33.0. The molecule has 0 aliphatic heterocycles. The van der Waals surface area contributed by atoms with Gasteiger partial charge in [0.05, 0.1) is 5.92 Å². The second-order valence-corrected chi connectivity index (χ2v) is 10.4. The van der Waals surface area contributed by atoms with Crippen LogP contribution in [-0.4, -0.2) is 6.11 Å². The van der Waals surface area contributed by atoms with Crippen LogP contribution in [0.4, 0.5) is 43.9 Å². The first-order valence-electron chi connectivity index (χ1n) is 13.6. The maximum absolute atomic E-state index is 14.8. The van der Waals surface area contributed by atoms with Crippen molar-refractivity contribution in [2.75, 3.05) is 0 Å². The third-order valence-electron chi connectivity index (χ3n) is 7.28. The Morgan fingerprint density at radius 1 is 0.750 bits per heavy atom. The van der Waals surface area contributed by atoms with Crippen LogP contribution >= 0.6 is 0 Å². The van der Waals surface area contributed by atoms with Crippen molar-refractivity contribution in [3.8, 4) is 28.4 Å². The molecule has 3 nitrogen and oxygen atoms in total. The first-order chi connectivity index (χ1) is 20.7. The fraction of sp³-hybridized carbons (Fsp3) is 0.355. The predicted molar refractivity (Wildman–Crippen MR) is 140 cm³/mol. The number of benzene rings is 3. The minimum absolute atomic E-state index is 0.0767. The van der Waals surface area contributed by atoms with Crippen molar-refractivity contribution in [1.29, 1.82) is 0 Å². The summed E-state index contributed by atoms with van der Waals surface area (Å²) in [4.78, 5) is 0. The second-order valence-electron chi connectivity index (χ2n) is 10.4. The van der Waals surface area contributed by atoms with E-state index >= 15 is 0 Å². The molecule has 0 atom stereocenters. The van der Waals surface area contributed by atoms with Crippen LogP contribution in [0, 0.1) is 35.1 Å². The van der Waals surface area contributed by atoms with E-state index in [4.69, 9.17) is 4.74 Å². The van der Waals surface area contributed by atoms with E-state index in [2.05, 4.69) is 9.47 Å². The Morgan fingerprint density at radius 3 is 1.84 bits per heavy atom. The summed E-state index contributed by atoms with van der Waals surface area (Å²) < 4.78 is 154. The van der Waals surface area contributed by atoms with Gasteiger partial charge in [0, 0.05) is 12.1 Å². The molecule has 13 heteroatoms. The van der Waals surface area contributed by atoms with Crippen LogP contribution in [0.2, 0.25) is 0 Å². The topological polar surface area (TPSA) is 27.7 Å². The zero-order valence-corrected chi connectivity index (χ0v) is 23.1. The molecule has 44 heavy (non-hydrogen) atoms. The van der Waals surface area contributed by atoms with Gasteiger partial charge in [0.1, 0.15) is 28.7 Å². The SMILES string of the molecule is CCCC1CCC(C(F)(F)Oc2ccc(-c3cc(F)c(C(F)(F)Oc4cc(F)c(OC=C(F)F)c(F)c4)c(F)c3)cc2)CC1. The number of halogens is 10. The van der Waals surface area contributed by atoms with Crippen LogP contribution in [0.3, 0.4) is 0 Å². The van der Waals surface area contributed by atoms with Crippen LogP contribution in [0.15, 0.2) is 60.9 Å². The summed E-state index contributed by atoms with van der Waals surface area (Å²) >= 11 is 0. The van der Waals surface area contributed by atoms with Crippen LogP contribution in [0.25, 0.3) is 11.1 Å². The van der Waals surface area contributed by atoms with Crippen molar-refractivity contribution >= 4 is 0 Å². The zero-order valence-electron chi connectivity index (χ0n) is 23.1. The molecule has 3 aromatic carbocycles. The number of alkyl halides is 4. The molecular formula is C31H26F10O3. The average Bonchev–Trinajstić information content (AvgIpc) is 2.92. The fourth-order valence-electron chi connectivity index (χ4n) is 5.18. The van der Waals surface area contributed by atoms with Gasteiger partial charge in [-0.3, -0.25) is 0 Å².